The second-order valence-corrected chi connectivity index (χ2v) is 6.83. The Morgan fingerprint density at radius 3 is 1.68 bits per heavy atom. The molecule has 1 aromatic rings. The molecule has 0 aliphatic heterocycles. The van der Waals surface area contributed by atoms with Crippen LogP contribution in [0.4, 0.5) is 0 Å². The summed E-state index contributed by atoms with van der Waals surface area (Å²) in [5.41, 5.74) is 9.41. The standard InChI is InChI=1S/C9H10.C9H14.C7H16.C3H7N.C2H6/c1-3-9-6-4-8(2)5-7-9;1-4-7-8-9(5-2)6-3;1-3-5-7-6-4-2;1-3(2)4;1-2/h3-7H,1H2,2H3;4-5,7-8H,1,6H2,2-3H3;3-7H2,1-2H3;1,4H2,2H3;1-2H3/b;8-7-,9-5-;;;. The van der Waals surface area contributed by atoms with Gasteiger partial charge in [-0.05, 0) is 38.5 Å². The highest BCUT2D eigenvalue weighted by atomic mass is 14.5. The molecule has 0 aliphatic carbocycles. The fourth-order valence-corrected chi connectivity index (χ4v) is 1.99. The highest BCUT2D eigenvalue weighted by Crippen LogP contribution is 2.03. The Balaban J connectivity index is -0.000000158. The van der Waals surface area contributed by atoms with Gasteiger partial charge in [0.2, 0.25) is 0 Å². The van der Waals surface area contributed by atoms with E-state index in [1.54, 1.807) is 13.0 Å². The molecular formula is C30H53N. The van der Waals surface area contributed by atoms with Gasteiger partial charge >= 0.3 is 0 Å². The van der Waals surface area contributed by atoms with Crippen LogP contribution in [0.2, 0.25) is 0 Å². The van der Waals surface area contributed by atoms with Crippen LogP contribution in [0.1, 0.15) is 98.1 Å². The predicted octanol–water partition coefficient (Wildman–Crippen LogP) is 10.2. The van der Waals surface area contributed by atoms with Crippen LogP contribution in [0.5, 0.6) is 0 Å². The topological polar surface area (TPSA) is 26.0 Å². The molecule has 1 nitrogen and oxygen atoms in total. The fraction of sp³-hybridized carbons (Fsp3) is 0.467. The number of benzene rings is 1. The van der Waals surface area contributed by atoms with Gasteiger partial charge in [0, 0.05) is 0 Å². The van der Waals surface area contributed by atoms with Crippen molar-refractivity contribution < 1.29 is 0 Å². The SMILES string of the molecule is C=C(C)N.C=C/C=C\C(=C/C)CC.C=Cc1ccc(C)cc1.CC.CCCCCCC. The number of rotatable bonds is 8. The Kier molecular flexibility index (Phi) is 37.7. The van der Waals surface area contributed by atoms with Crippen LogP contribution in [0.3, 0.4) is 0 Å². The lowest BCUT2D eigenvalue weighted by molar-refractivity contribution is 0.656. The van der Waals surface area contributed by atoms with Gasteiger partial charge in [0.25, 0.3) is 0 Å². The molecule has 0 radical (unpaired) electrons. The summed E-state index contributed by atoms with van der Waals surface area (Å²) in [6, 6.07) is 8.28. The minimum Gasteiger partial charge on any atom is -0.403 e. The van der Waals surface area contributed by atoms with E-state index in [-0.39, 0.29) is 0 Å². The van der Waals surface area contributed by atoms with E-state index in [0.29, 0.717) is 5.70 Å². The molecule has 1 aromatic carbocycles. The summed E-state index contributed by atoms with van der Waals surface area (Å²) in [5.74, 6) is 0. The minimum absolute atomic E-state index is 0.667. The molecule has 31 heavy (non-hydrogen) atoms. The Labute approximate surface area is 196 Å². The van der Waals surface area contributed by atoms with Crippen LogP contribution in [0.15, 0.2) is 79.6 Å². The van der Waals surface area contributed by atoms with Crippen molar-refractivity contribution in [2.24, 2.45) is 5.73 Å². The van der Waals surface area contributed by atoms with E-state index < -0.39 is 0 Å². The second kappa shape index (κ2) is 32.4. The molecule has 0 amide bonds. The molecule has 0 aliphatic rings. The lowest BCUT2D eigenvalue weighted by Crippen LogP contribution is -1.83. The van der Waals surface area contributed by atoms with Crippen LogP contribution < -0.4 is 5.73 Å². The van der Waals surface area contributed by atoms with E-state index in [4.69, 9.17) is 5.73 Å². The van der Waals surface area contributed by atoms with E-state index in [2.05, 4.69) is 83.8 Å². The van der Waals surface area contributed by atoms with Crippen molar-refractivity contribution >= 4 is 6.08 Å². The van der Waals surface area contributed by atoms with Crippen molar-refractivity contribution in [3.63, 3.8) is 0 Å². The van der Waals surface area contributed by atoms with Crippen LogP contribution >= 0.6 is 0 Å². The minimum atomic E-state index is 0.667. The Morgan fingerprint density at radius 2 is 1.39 bits per heavy atom. The molecule has 178 valence electrons. The smallest absolute Gasteiger partial charge is 0.00242 e. The third-order valence-corrected chi connectivity index (χ3v) is 3.75. The number of allylic oxidation sites excluding steroid dienone is 6. The van der Waals surface area contributed by atoms with E-state index in [1.807, 2.05) is 32.9 Å². The normalized spacial score (nSPS) is 9.35. The molecule has 1 rings (SSSR count). The molecule has 0 saturated carbocycles. The van der Waals surface area contributed by atoms with Crippen molar-refractivity contribution in [1.29, 1.82) is 0 Å². The molecule has 0 fully saturated rings. The molecule has 0 heterocycles. The van der Waals surface area contributed by atoms with E-state index in [1.165, 1.54) is 48.8 Å². The first-order valence-corrected chi connectivity index (χ1v) is 11.9. The van der Waals surface area contributed by atoms with Gasteiger partial charge in [0.1, 0.15) is 0 Å². The molecule has 0 bridgehead atoms. The Hall–Kier alpha value is -2.28. The van der Waals surface area contributed by atoms with Gasteiger partial charge in [-0.2, -0.15) is 0 Å². The van der Waals surface area contributed by atoms with Crippen LogP contribution in [-0.2, 0) is 0 Å². The third-order valence-electron chi connectivity index (χ3n) is 3.75. The van der Waals surface area contributed by atoms with Gasteiger partial charge in [0.15, 0.2) is 0 Å². The maximum atomic E-state index is 4.92. The van der Waals surface area contributed by atoms with Gasteiger partial charge < -0.3 is 5.73 Å². The number of aryl methyl sites for hydroxylation is 1. The predicted molar refractivity (Wildman–Crippen MR) is 149 cm³/mol. The van der Waals surface area contributed by atoms with Crippen molar-refractivity contribution in [3.8, 4) is 0 Å². The molecule has 2 N–H and O–H groups in total. The van der Waals surface area contributed by atoms with Crippen LogP contribution in [-0.4, -0.2) is 0 Å². The zero-order valence-electron chi connectivity index (χ0n) is 22.1. The van der Waals surface area contributed by atoms with Crippen LogP contribution in [0.25, 0.3) is 6.08 Å². The second-order valence-electron chi connectivity index (χ2n) is 6.83. The molecule has 0 atom stereocenters. The molecule has 0 saturated heterocycles. The zero-order valence-corrected chi connectivity index (χ0v) is 22.1. The molecule has 1 heteroatoms. The average molecular weight is 428 g/mol. The van der Waals surface area contributed by atoms with E-state index in [9.17, 15) is 0 Å². The average Bonchev–Trinajstić information content (AvgIpc) is 2.77. The third kappa shape index (κ3) is 38.9. The largest absolute Gasteiger partial charge is 0.403 e. The highest BCUT2D eigenvalue weighted by Gasteiger charge is 1.82. The summed E-state index contributed by atoms with van der Waals surface area (Å²) in [4.78, 5) is 0. The number of nitrogens with two attached hydrogens (primary N) is 1. The lowest BCUT2D eigenvalue weighted by atomic mass is 10.2. The Morgan fingerprint density at radius 1 is 0.935 bits per heavy atom. The summed E-state index contributed by atoms with van der Waals surface area (Å²) in [6.45, 7) is 27.1. The first kappa shape index (κ1) is 36.1. The van der Waals surface area contributed by atoms with Gasteiger partial charge in [-0.25, -0.2) is 0 Å². The summed E-state index contributed by atoms with van der Waals surface area (Å²) in [7, 11) is 0. The summed E-state index contributed by atoms with van der Waals surface area (Å²) in [5, 5.41) is 0. The summed E-state index contributed by atoms with van der Waals surface area (Å²) in [6.07, 6.45) is 17.9. The van der Waals surface area contributed by atoms with E-state index >= 15 is 0 Å². The number of unbranched alkanes of at least 4 members (excludes halogenated alkanes) is 4. The molecule has 0 unspecified atom stereocenters. The highest BCUT2D eigenvalue weighted by molar-refractivity contribution is 5.46. The zero-order chi connectivity index (χ0) is 24.9. The molecule has 0 aromatic heterocycles. The first-order chi connectivity index (χ1) is 14.8. The van der Waals surface area contributed by atoms with Gasteiger partial charge in [0.05, 0.1) is 0 Å². The maximum absolute atomic E-state index is 4.92. The summed E-state index contributed by atoms with van der Waals surface area (Å²) >= 11 is 0. The monoisotopic (exact) mass is 427 g/mol. The lowest BCUT2D eigenvalue weighted by Gasteiger charge is -1.91. The molecule has 0 spiro atoms. The van der Waals surface area contributed by atoms with Crippen LogP contribution in [0, 0.1) is 6.92 Å². The van der Waals surface area contributed by atoms with Crippen molar-refractivity contribution in [2.75, 3.05) is 0 Å². The van der Waals surface area contributed by atoms with Gasteiger partial charge in [-0.1, -0.05) is 152 Å². The number of hydrogen-bond donors (Lipinski definition) is 1. The number of hydrogen-bond acceptors (Lipinski definition) is 1. The molecular weight excluding hydrogens is 374 g/mol. The quantitative estimate of drug-likeness (QED) is 0.324. The maximum Gasteiger partial charge on any atom is -0.00242 e. The van der Waals surface area contributed by atoms with E-state index in [0.717, 1.165) is 6.42 Å². The van der Waals surface area contributed by atoms with Crippen molar-refractivity contribution in [1.82, 2.24) is 0 Å². The first-order valence-electron chi connectivity index (χ1n) is 11.9. The fourth-order valence-electron chi connectivity index (χ4n) is 1.99. The van der Waals surface area contributed by atoms with Crippen molar-refractivity contribution in [2.45, 2.75) is 93.9 Å². The summed E-state index contributed by atoms with van der Waals surface area (Å²) < 4.78 is 0. The van der Waals surface area contributed by atoms with Gasteiger partial charge in [-0.15, -0.1) is 0 Å². The van der Waals surface area contributed by atoms with Gasteiger partial charge in [-0.3, -0.25) is 0 Å². The Bertz CT molecular complexity index is 551. The van der Waals surface area contributed by atoms with Crippen molar-refractivity contribution in [3.05, 3.63) is 90.7 Å².